The van der Waals surface area contributed by atoms with Gasteiger partial charge in [-0.25, -0.2) is 4.79 Å². The third kappa shape index (κ3) is 3.54. The van der Waals surface area contributed by atoms with Crippen LogP contribution in [0.25, 0.3) is 0 Å². The molecule has 1 saturated heterocycles. The molecule has 8 nitrogen and oxygen atoms in total. The first-order valence-electron chi connectivity index (χ1n) is 5.48. The zero-order chi connectivity index (χ0) is 13.3. The zero-order valence-electron chi connectivity index (χ0n) is 9.51. The van der Waals surface area contributed by atoms with E-state index in [4.69, 9.17) is 15.6 Å². The standard InChI is InChI=1S/C10H15N3O5.Na.H/c11-7-1-2-13(10(17)12-7)3-5-8(15)9(16)6(4-14)18-5;;/h1-2,5-6,8-9,14-16H,3-4H2,(H2,11,12,17);;/t5-,6+,8-,9+;;/m0../s1. The van der Waals surface area contributed by atoms with Crippen molar-refractivity contribution in [3.05, 3.63) is 22.7 Å². The number of hydrogen-bond donors (Lipinski definition) is 4. The van der Waals surface area contributed by atoms with Gasteiger partial charge in [0.15, 0.2) is 0 Å². The fourth-order valence-electron chi connectivity index (χ4n) is 1.90. The van der Waals surface area contributed by atoms with E-state index in [-0.39, 0.29) is 41.9 Å². The Labute approximate surface area is 131 Å². The molecule has 2 heterocycles. The molecule has 0 saturated carbocycles. The molecule has 0 amide bonds. The van der Waals surface area contributed by atoms with Gasteiger partial charge in [-0.3, -0.25) is 4.57 Å². The summed E-state index contributed by atoms with van der Waals surface area (Å²) >= 11 is 0. The maximum atomic E-state index is 11.5. The van der Waals surface area contributed by atoms with Crippen LogP contribution in [0.4, 0.5) is 5.82 Å². The summed E-state index contributed by atoms with van der Waals surface area (Å²) in [7, 11) is 0. The summed E-state index contributed by atoms with van der Waals surface area (Å²) in [5.41, 5.74) is 4.79. The van der Waals surface area contributed by atoms with Crippen LogP contribution in [-0.2, 0) is 11.3 Å². The van der Waals surface area contributed by atoms with Crippen molar-refractivity contribution in [1.29, 1.82) is 0 Å². The summed E-state index contributed by atoms with van der Waals surface area (Å²) in [5.74, 6) is 0.109. The molecule has 102 valence electrons. The third-order valence-corrected chi connectivity index (χ3v) is 2.91. The van der Waals surface area contributed by atoms with Crippen molar-refractivity contribution in [3.8, 4) is 0 Å². The predicted molar refractivity (Wildman–Crippen MR) is 67.8 cm³/mol. The molecular weight excluding hydrogens is 265 g/mol. The average Bonchev–Trinajstić information content (AvgIpc) is 2.60. The first-order valence-corrected chi connectivity index (χ1v) is 5.48. The van der Waals surface area contributed by atoms with E-state index in [1.165, 1.54) is 16.8 Å². The van der Waals surface area contributed by atoms with E-state index in [0.717, 1.165) is 0 Å². The van der Waals surface area contributed by atoms with E-state index >= 15 is 0 Å². The number of nitrogens with two attached hydrogens (primary N) is 1. The minimum atomic E-state index is -1.17. The molecule has 2 rings (SSSR count). The molecule has 0 spiro atoms. The van der Waals surface area contributed by atoms with Gasteiger partial charge in [-0.1, -0.05) is 0 Å². The zero-order valence-corrected chi connectivity index (χ0v) is 9.51. The number of aliphatic hydroxyl groups is 3. The van der Waals surface area contributed by atoms with Crippen LogP contribution in [-0.4, -0.2) is 85.5 Å². The molecule has 1 aromatic rings. The van der Waals surface area contributed by atoms with E-state index in [2.05, 4.69) is 4.98 Å². The molecule has 1 aliphatic heterocycles. The van der Waals surface area contributed by atoms with Crippen LogP contribution in [0.15, 0.2) is 17.1 Å². The third-order valence-electron chi connectivity index (χ3n) is 2.91. The topological polar surface area (TPSA) is 131 Å². The van der Waals surface area contributed by atoms with Crippen LogP contribution in [0.1, 0.15) is 0 Å². The molecule has 5 N–H and O–H groups in total. The maximum absolute atomic E-state index is 11.5. The van der Waals surface area contributed by atoms with E-state index in [9.17, 15) is 15.0 Å². The number of aliphatic hydroxyl groups excluding tert-OH is 3. The molecule has 0 bridgehead atoms. The van der Waals surface area contributed by atoms with E-state index in [0.29, 0.717) is 0 Å². The van der Waals surface area contributed by atoms with Crippen LogP contribution in [0.5, 0.6) is 0 Å². The van der Waals surface area contributed by atoms with Gasteiger partial charge in [0.05, 0.1) is 13.2 Å². The number of hydrogen-bond acceptors (Lipinski definition) is 7. The summed E-state index contributed by atoms with van der Waals surface area (Å²) in [6, 6.07) is 1.45. The second kappa shape index (κ2) is 6.80. The number of anilines is 1. The van der Waals surface area contributed by atoms with E-state index < -0.39 is 36.7 Å². The van der Waals surface area contributed by atoms with Crippen LogP contribution >= 0.6 is 0 Å². The van der Waals surface area contributed by atoms with Crippen molar-refractivity contribution in [2.24, 2.45) is 0 Å². The van der Waals surface area contributed by atoms with Crippen LogP contribution < -0.4 is 11.4 Å². The number of aromatic nitrogens is 2. The summed E-state index contributed by atoms with van der Waals surface area (Å²) in [5, 5.41) is 28.2. The Hall–Kier alpha value is -0.480. The second-order valence-electron chi connectivity index (χ2n) is 4.16. The Bertz CT molecular complexity index is 482. The van der Waals surface area contributed by atoms with Gasteiger partial charge in [0.2, 0.25) is 0 Å². The Morgan fingerprint density at radius 2 is 2.00 bits per heavy atom. The Kier molecular flexibility index (Phi) is 5.93. The Morgan fingerprint density at radius 1 is 1.37 bits per heavy atom. The van der Waals surface area contributed by atoms with Crippen LogP contribution in [0.2, 0.25) is 0 Å². The van der Waals surface area contributed by atoms with Gasteiger partial charge in [0.1, 0.15) is 30.2 Å². The molecule has 9 heteroatoms. The summed E-state index contributed by atoms with van der Waals surface area (Å²) < 4.78 is 6.47. The molecule has 0 aromatic carbocycles. The van der Waals surface area contributed by atoms with Gasteiger partial charge < -0.3 is 25.8 Å². The predicted octanol–water partition coefficient (Wildman–Crippen LogP) is -3.34. The Morgan fingerprint density at radius 3 is 2.53 bits per heavy atom. The number of nitrogens with zero attached hydrogens (tertiary/aromatic N) is 2. The molecular formula is C10H16N3NaO5. The first-order chi connectivity index (χ1) is 8.52. The van der Waals surface area contributed by atoms with Crippen molar-refractivity contribution in [2.75, 3.05) is 12.3 Å². The van der Waals surface area contributed by atoms with Gasteiger partial charge in [-0.2, -0.15) is 4.98 Å². The molecule has 1 aliphatic rings. The Balaban J connectivity index is 0.00000180. The van der Waals surface area contributed by atoms with Gasteiger partial charge in [-0.05, 0) is 6.07 Å². The summed E-state index contributed by atoms with van der Waals surface area (Å²) in [4.78, 5) is 15.0. The number of nitrogen functional groups attached to an aromatic ring is 1. The van der Waals surface area contributed by atoms with Crippen LogP contribution in [0.3, 0.4) is 0 Å². The molecule has 0 aliphatic carbocycles. The minimum absolute atomic E-state index is 0. The van der Waals surface area contributed by atoms with Gasteiger partial charge in [0, 0.05) is 6.20 Å². The molecule has 0 unspecified atom stereocenters. The average molecular weight is 281 g/mol. The molecule has 0 radical (unpaired) electrons. The van der Waals surface area contributed by atoms with E-state index in [1.54, 1.807) is 0 Å². The van der Waals surface area contributed by atoms with Gasteiger partial charge in [-0.15, -0.1) is 0 Å². The fourth-order valence-corrected chi connectivity index (χ4v) is 1.90. The van der Waals surface area contributed by atoms with Gasteiger partial charge >= 0.3 is 35.2 Å². The normalized spacial score (nSPS) is 30.1. The van der Waals surface area contributed by atoms with Gasteiger partial charge in [0.25, 0.3) is 0 Å². The molecule has 4 atom stereocenters. The SMILES string of the molecule is Nc1ccn(C[C@@H]2O[C@H](CO)[C@@H](O)[C@H]2O)c(=O)n1.[NaH]. The molecule has 1 aromatic heterocycles. The number of rotatable bonds is 3. The van der Waals surface area contributed by atoms with Crippen molar-refractivity contribution < 1.29 is 20.1 Å². The molecule has 19 heavy (non-hydrogen) atoms. The van der Waals surface area contributed by atoms with E-state index in [1.807, 2.05) is 0 Å². The van der Waals surface area contributed by atoms with Crippen molar-refractivity contribution in [2.45, 2.75) is 31.0 Å². The summed E-state index contributed by atoms with van der Waals surface area (Å²) in [6.45, 7) is -0.371. The fraction of sp³-hybridized carbons (Fsp3) is 0.600. The quantitative estimate of drug-likeness (QED) is 0.426. The number of ether oxygens (including phenoxy) is 1. The monoisotopic (exact) mass is 281 g/mol. The summed E-state index contributed by atoms with van der Waals surface area (Å²) in [6.07, 6.45) is -2.52. The van der Waals surface area contributed by atoms with Crippen molar-refractivity contribution in [3.63, 3.8) is 0 Å². The van der Waals surface area contributed by atoms with Crippen molar-refractivity contribution in [1.82, 2.24) is 9.55 Å². The van der Waals surface area contributed by atoms with Crippen molar-refractivity contribution >= 4 is 35.4 Å². The molecule has 1 fully saturated rings. The second-order valence-corrected chi connectivity index (χ2v) is 4.16. The first kappa shape index (κ1) is 16.6. The van der Waals surface area contributed by atoms with Crippen LogP contribution in [0, 0.1) is 0 Å².